The maximum absolute atomic E-state index is 12.2. The number of carbonyl (C=O) groups is 1. The molecule has 2 heterocycles. The van der Waals surface area contributed by atoms with Crippen molar-refractivity contribution in [1.29, 1.82) is 0 Å². The molecule has 23 heavy (non-hydrogen) atoms. The minimum absolute atomic E-state index is 0. The third kappa shape index (κ3) is 4.49. The molecular formula is C15H21ClN6O. The number of amides is 1. The predicted octanol–water partition coefficient (Wildman–Crippen LogP) is 0.741. The van der Waals surface area contributed by atoms with Gasteiger partial charge in [-0.25, -0.2) is 4.68 Å². The van der Waals surface area contributed by atoms with Crippen LogP contribution in [-0.2, 0) is 11.2 Å². The summed E-state index contributed by atoms with van der Waals surface area (Å²) in [6, 6.07) is 7.90. The minimum atomic E-state index is 0. The molecule has 1 aliphatic rings. The van der Waals surface area contributed by atoms with E-state index in [-0.39, 0.29) is 24.4 Å². The van der Waals surface area contributed by atoms with Crippen LogP contribution in [0.1, 0.15) is 18.9 Å². The van der Waals surface area contributed by atoms with E-state index in [1.54, 1.807) is 11.0 Å². The number of benzene rings is 1. The van der Waals surface area contributed by atoms with Crippen molar-refractivity contribution in [3.63, 3.8) is 0 Å². The fraction of sp³-hybridized carbons (Fsp3) is 0.467. The van der Waals surface area contributed by atoms with E-state index >= 15 is 0 Å². The molecule has 8 heteroatoms. The Balaban J connectivity index is 0.00000192. The van der Waals surface area contributed by atoms with Crippen LogP contribution < -0.4 is 10.6 Å². The molecule has 0 radical (unpaired) electrons. The van der Waals surface area contributed by atoms with Crippen molar-refractivity contribution in [3.8, 4) is 5.69 Å². The highest BCUT2D eigenvalue weighted by Gasteiger charge is 2.22. The maximum Gasteiger partial charge on any atom is 0.224 e. The third-order valence-electron chi connectivity index (χ3n) is 4.09. The maximum atomic E-state index is 12.2. The van der Waals surface area contributed by atoms with Crippen LogP contribution in [0.4, 0.5) is 0 Å². The second kappa shape index (κ2) is 8.03. The Kier molecular flexibility index (Phi) is 6.06. The lowest BCUT2D eigenvalue weighted by molar-refractivity contribution is -0.121. The quantitative estimate of drug-likeness (QED) is 0.860. The number of rotatable bonds is 4. The van der Waals surface area contributed by atoms with E-state index in [1.807, 2.05) is 24.3 Å². The summed E-state index contributed by atoms with van der Waals surface area (Å²) in [4.78, 5) is 12.2. The van der Waals surface area contributed by atoms with E-state index in [1.165, 1.54) is 0 Å². The first-order valence-electron chi connectivity index (χ1n) is 7.55. The zero-order valence-corrected chi connectivity index (χ0v) is 13.8. The molecule has 1 amide bonds. The molecule has 3 rings (SSSR count). The Bertz CT molecular complexity index is 615. The molecular weight excluding hydrogens is 316 g/mol. The van der Waals surface area contributed by atoms with Crippen LogP contribution in [0.3, 0.4) is 0 Å². The number of halogens is 1. The molecule has 7 nitrogen and oxygen atoms in total. The topological polar surface area (TPSA) is 84.7 Å². The van der Waals surface area contributed by atoms with Gasteiger partial charge in [0.2, 0.25) is 5.91 Å². The van der Waals surface area contributed by atoms with Gasteiger partial charge in [-0.05, 0) is 47.0 Å². The number of nitrogens with zero attached hydrogens (tertiary/aromatic N) is 4. The number of hydrogen-bond donors (Lipinski definition) is 2. The van der Waals surface area contributed by atoms with Gasteiger partial charge in [0.1, 0.15) is 6.33 Å². The van der Waals surface area contributed by atoms with E-state index in [0.29, 0.717) is 12.3 Å². The molecule has 2 aromatic rings. The molecule has 0 bridgehead atoms. The van der Waals surface area contributed by atoms with Gasteiger partial charge in [0, 0.05) is 12.6 Å². The predicted molar refractivity (Wildman–Crippen MR) is 88.7 cm³/mol. The van der Waals surface area contributed by atoms with E-state index in [4.69, 9.17) is 0 Å². The summed E-state index contributed by atoms with van der Waals surface area (Å²) in [6.07, 6.45) is 3.03. The second-order valence-electron chi connectivity index (χ2n) is 5.74. The van der Waals surface area contributed by atoms with Gasteiger partial charge in [0.25, 0.3) is 0 Å². The third-order valence-corrected chi connectivity index (χ3v) is 4.09. The van der Waals surface area contributed by atoms with Crippen LogP contribution in [0.5, 0.6) is 0 Å². The Hall–Kier alpha value is -1.99. The number of carbonyl (C=O) groups excluding carboxylic acids is 1. The van der Waals surface area contributed by atoms with Crippen LogP contribution in [0.15, 0.2) is 30.6 Å². The molecule has 1 aromatic carbocycles. The molecule has 2 atom stereocenters. The van der Waals surface area contributed by atoms with Crippen molar-refractivity contribution in [2.75, 3.05) is 13.1 Å². The van der Waals surface area contributed by atoms with Crippen LogP contribution in [0.2, 0.25) is 0 Å². The molecule has 1 saturated heterocycles. The van der Waals surface area contributed by atoms with Gasteiger partial charge in [-0.15, -0.1) is 17.5 Å². The largest absolute Gasteiger partial charge is 0.352 e. The highest BCUT2D eigenvalue weighted by molar-refractivity contribution is 5.85. The first-order chi connectivity index (χ1) is 10.7. The van der Waals surface area contributed by atoms with E-state index < -0.39 is 0 Å². The van der Waals surface area contributed by atoms with E-state index in [0.717, 1.165) is 30.8 Å². The first kappa shape index (κ1) is 17.4. The lowest BCUT2D eigenvalue weighted by Gasteiger charge is -2.30. The highest BCUT2D eigenvalue weighted by Crippen LogP contribution is 2.12. The second-order valence-corrected chi connectivity index (χ2v) is 5.74. The Labute approximate surface area is 141 Å². The number of tetrazole rings is 1. The molecule has 0 aliphatic carbocycles. The zero-order valence-electron chi connectivity index (χ0n) is 13.0. The molecule has 1 fully saturated rings. The summed E-state index contributed by atoms with van der Waals surface area (Å²) in [5.41, 5.74) is 1.85. The minimum Gasteiger partial charge on any atom is -0.352 e. The number of aromatic nitrogens is 4. The molecule has 0 saturated carbocycles. The average molecular weight is 337 g/mol. The van der Waals surface area contributed by atoms with Crippen molar-refractivity contribution in [2.45, 2.75) is 25.8 Å². The van der Waals surface area contributed by atoms with Gasteiger partial charge in [-0.2, -0.15) is 0 Å². The average Bonchev–Trinajstić information content (AvgIpc) is 3.05. The van der Waals surface area contributed by atoms with Gasteiger partial charge in [0.05, 0.1) is 12.1 Å². The van der Waals surface area contributed by atoms with Crippen LogP contribution >= 0.6 is 12.4 Å². The Morgan fingerprint density at radius 2 is 2.17 bits per heavy atom. The fourth-order valence-corrected chi connectivity index (χ4v) is 2.67. The fourth-order valence-electron chi connectivity index (χ4n) is 2.67. The standard InChI is InChI=1S/C15H20N6O.ClH/c1-11-6-7-16-9-14(11)18-15(22)8-12-2-4-13(5-3-12)21-10-17-19-20-21;/h2-5,10-11,14,16H,6-9H2,1H3,(H,18,22);1H. The van der Waals surface area contributed by atoms with E-state index in [9.17, 15) is 4.79 Å². The van der Waals surface area contributed by atoms with Gasteiger partial charge < -0.3 is 10.6 Å². The Morgan fingerprint density at radius 3 is 2.83 bits per heavy atom. The van der Waals surface area contributed by atoms with Crippen molar-refractivity contribution < 1.29 is 4.79 Å². The molecule has 2 unspecified atom stereocenters. The lowest BCUT2D eigenvalue weighted by atomic mass is 9.94. The van der Waals surface area contributed by atoms with Crippen molar-refractivity contribution in [3.05, 3.63) is 36.2 Å². The summed E-state index contributed by atoms with van der Waals surface area (Å²) in [7, 11) is 0. The normalized spacial score (nSPS) is 20.6. The van der Waals surface area contributed by atoms with Crippen molar-refractivity contribution in [1.82, 2.24) is 30.8 Å². The number of hydrogen-bond acceptors (Lipinski definition) is 5. The van der Waals surface area contributed by atoms with Crippen LogP contribution in [0, 0.1) is 5.92 Å². The highest BCUT2D eigenvalue weighted by atomic mass is 35.5. The van der Waals surface area contributed by atoms with Crippen molar-refractivity contribution >= 4 is 18.3 Å². The van der Waals surface area contributed by atoms with Gasteiger partial charge in [-0.1, -0.05) is 19.1 Å². The lowest BCUT2D eigenvalue weighted by Crippen LogP contribution is -2.50. The smallest absolute Gasteiger partial charge is 0.224 e. The molecule has 1 aliphatic heterocycles. The monoisotopic (exact) mass is 336 g/mol. The SMILES string of the molecule is CC1CCNCC1NC(=O)Cc1ccc(-n2cnnn2)cc1.Cl. The van der Waals surface area contributed by atoms with Gasteiger partial charge >= 0.3 is 0 Å². The molecule has 2 N–H and O–H groups in total. The zero-order chi connectivity index (χ0) is 15.4. The van der Waals surface area contributed by atoms with Crippen molar-refractivity contribution in [2.24, 2.45) is 5.92 Å². The summed E-state index contributed by atoms with van der Waals surface area (Å²) >= 11 is 0. The summed E-state index contributed by atoms with van der Waals surface area (Å²) in [5, 5.41) is 17.5. The first-order valence-corrected chi connectivity index (χ1v) is 7.55. The molecule has 124 valence electrons. The molecule has 0 spiro atoms. The van der Waals surface area contributed by atoms with Gasteiger partial charge in [-0.3, -0.25) is 4.79 Å². The van der Waals surface area contributed by atoms with Crippen LogP contribution in [0.25, 0.3) is 5.69 Å². The number of piperidine rings is 1. The number of nitrogens with one attached hydrogen (secondary N) is 2. The summed E-state index contributed by atoms with van der Waals surface area (Å²) in [5.74, 6) is 0.586. The van der Waals surface area contributed by atoms with E-state index in [2.05, 4.69) is 33.1 Å². The summed E-state index contributed by atoms with van der Waals surface area (Å²) in [6.45, 7) is 4.07. The van der Waals surface area contributed by atoms with Crippen LogP contribution in [-0.4, -0.2) is 45.2 Å². The molecule has 1 aromatic heterocycles. The Morgan fingerprint density at radius 1 is 1.39 bits per heavy atom. The summed E-state index contributed by atoms with van der Waals surface area (Å²) < 4.78 is 1.58. The van der Waals surface area contributed by atoms with Gasteiger partial charge in [0.15, 0.2) is 0 Å².